The maximum atomic E-state index is 13.0. The highest BCUT2D eigenvalue weighted by molar-refractivity contribution is 5.70. The van der Waals surface area contributed by atoms with Crippen LogP contribution < -0.4 is 5.11 Å². The van der Waals surface area contributed by atoms with Gasteiger partial charge in [0, 0.05) is 12.8 Å². The van der Waals surface area contributed by atoms with Crippen LogP contribution in [0.1, 0.15) is 322 Å². The number of carbonyl (C=O) groups excluding carboxylic acids is 3. The first kappa shape index (κ1) is 91.9. The molecule has 0 rings (SSSR count). The second kappa shape index (κ2) is 76.7. The van der Waals surface area contributed by atoms with Crippen LogP contribution in [0.3, 0.4) is 0 Å². The summed E-state index contributed by atoms with van der Waals surface area (Å²) < 4.78 is 22.9. The molecule has 0 aliphatic rings. The van der Waals surface area contributed by atoms with Gasteiger partial charge < -0.3 is 33.3 Å². The van der Waals surface area contributed by atoms with Crippen molar-refractivity contribution in [1.29, 1.82) is 0 Å². The van der Waals surface area contributed by atoms with E-state index in [0.29, 0.717) is 17.4 Å². The summed E-state index contributed by atoms with van der Waals surface area (Å²) in [6, 6.07) is 0. The summed E-state index contributed by atoms with van der Waals surface area (Å²) >= 11 is 0. The Morgan fingerprint density at radius 2 is 0.557 bits per heavy atom. The molecule has 0 saturated carbocycles. The molecule has 0 saturated heterocycles. The fraction of sp³-hybridized carbons (Fsp3) is 0.670. The Morgan fingerprint density at radius 3 is 0.825 bits per heavy atom. The zero-order chi connectivity index (χ0) is 70.4. The molecule has 0 amide bonds. The van der Waals surface area contributed by atoms with Gasteiger partial charge in [0.1, 0.15) is 13.2 Å². The van der Waals surface area contributed by atoms with Crippen LogP contribution in [0.15, 0.2) is 158 Å². The van der Waals surface area contributed by atoms with Gasteiger partial charge in [0.05, 0.1) is 40.3 Å². The summed E-state index contributed by atoms with van der Waals surface area (Å²) in [4.78, 5) is 37.6. The van der Waals surface area contributed by atoms with Crippen molar-refractivity contribution >= 4 is 17.9 Å². The molecule has 2 unspecified atom stereocenters. The van der Waals surface area contributed by atoms with E-state index < -0.39 is 24.3 Å². The molecule has 0 aromatic rings. The van der Waals surface area contributed by atoms with Gasteiger partial charge in [-0.05, 0) is 122 Å². The molecule has 0 aromatic heterocycles. The highest BCUT2D eigenvalue weighted by atomic mass is 16.7. The number of nitrogens with zero attached hydrogens (tertiary/aromatic N) is 1. The number of ether oxygens (including phenoxy) is 4. The predicted molar refractivity (Wildman–Crippen MR) is 416 cm³/mol. The first-order valence-corrected chi connectivity index (χ1v) is 39.6. The highest BCUT2D eigenvalue weighted by Crippen LogP contribution is 2.18. The molecule has 0 bridgehead atoms. The number of carboxylic acid groups (broad SMARTS) is 1. The topological polar surface area (TPSA) is 111 Å². The zero-order valence-corrected chi connectivity index (χ0v) is 63.1. The number of hydrogen-bond acceptors (Lipinski definition) is 8. The number of quaternary nitrogens is 1. The van der Waals surface area contributed by atoms with Gasteiger partial charge in [-0.15, -0.1) is 0 Å². The minimum Gasteiger partial charge on any atom is -0.545 e. The van der Waals surface area contributed by atoms with Crippen LogP contribution in [-0.2, 0) is 33.3 Å². The maximum Gasteiger partial charge on any atom is 0.306 e. The highest BCUT2D eigenvalue weighted by Gasteiger charge is 2.22. The van der Waals surface area contributed by atoms with E-state index in [1.165, 1.54) is 167 Å². The summed E-state index contributed by atoms with van der Waals surface area (Å²) in [7, 11) is 5.93. The van der Waals surface area contributed by atoms with Gasteiger partial charge in [-0.2, -0.15) is 0 Å². The molecule has 0 fully saturated rings. The molecule has 9 nitrogen and oxygen atoms in total. The number of esters is 2. The van der Waals surface area contributed by atoms with Crippen molar-refractivity contribution in [3.05, 3.63) is 158 Å². The van der Waals surface area contributed by atoms with Crippen molar-refractivity contribution < 1.29 is 42.9 Å². The molecule has 0 spiro atoms. The molecule has 2 atom stereocenters. The second-order valence-corrected chi connectivity index (χ2v) is 27.2. The van der Waals surface area contributed by atoms with E-state index in [4.69, 9.17) is 18.9 Å². The van der Waals surface area contributed by atoms with Gasteiger partial charge in [-0.25, -0.2) is 0 Å². The third-order valence-corrected chi connectivity index (χ3v) is 16.8. The maximum absolute atomic E-state index is 13.0. The quantitative estimate of drug-likeness (QED) is 0.0195. The lowest BCUT2D eigenvalue weighted by Crippen LogP contribution is -2.44. The number of likely N-dealkylation sites (N-methyl/N-ethyl adjacent to an activating group) is 1. The van der Waals surface area contributed by atoms with Crippen LogP contribution in [-0.4, -0.2) is 82.3 Å². The number of rotatable bonds is 72. The molecule has 0 radical (unpaired) electrons. The third kappa shape index (κ3) is 78.1. The van der Waals surface area contributed by atoms with Gasteiger partial charge in [0.2, 0.25) is 0 Å². The van der Waals surface area contributed by atoms with E-state index in [0.717, 1.165) is 122 Å². The Balaban J connectivity index is 4.06. The SMILES string of the molecule is CC/C=C\C/C=C\C/C=C\C/C=C\C/C=C\C/C=C\C/C=C\CCCCCCCCCCCCCCCC(=O)OC(COC(=O)CCCCCCCCCCCCCCCCCCCC/C=C\C/C=C\C/C=C\C/C=C\C/C=C\C/C=C\CC)COC(OCC[N+](C)(C)C)C(=O)[O-]. The average Bonchev–Trinajstić information content (AvgIpc) is 3.74. The minimum atomic E-state index is -1.63. The largest absolute Gasteiger partial charge is 0.545 e. The number of allylic oxidation sites excluding steroid dienone is 26. The summed E-state index contributed by atoms with van der Waals surface area (Å²) in [5.41, 5.74) is 0. The van der Waals surface area contributed by atoms with Crippen molar-refractivity contribution in [1.82, 2.24) is 0 Å². The van der Waals surface area contributed by atoms with Crippen molar-refractivity contribution in [2.75, 3.05) is 47.5 Å². The number of carbonyl (C=O) groups is 3. The van der Waals surface area contributed by atoms with Crippen molar-refractivity contribution in [3.63, 3.8) is 0 Å². The zero-order valence-electron chi connectivity index (χ0n) is 63.1. The van der Waals surface area contributed by atoms with Crippen LogP contribution in [0.4, 0.5) is 0 Å². The van der Waals surface area contributed by atoms with E-state index in [1.54, 1.807) is 0 Å². The molecule has 0 aliphatic heterocycles. The molecule has 9 heteroatoms. The first-order valence-electron chi connectivity index (χ1n) is 39.6. The lowest BCUT2D eigenvalue weighted by atomic mass is 10.0. The number of carboxylic acids is 1. The first-order chi connectivity index (χ1) is 47.6. The second-order valence-electron chi connectivity index (χ2n) is 27.2. The van der Waals surface area contributed by atoms with Crippen LogP contribution in [0, 0.1) is 0 Å². The van der Waals surface area contributed by atoms with Crippen LogP contribution in [0.5, 0.6) is 0 Å². The van der Waals surface area contributed by atoms with E-state index in [2.05, 4.69) is 172 Å². The molecular weight excluding hydrogens is 1200 g/mol. The van der Waals surface area contributed by atoms with E-state index in [9.17, 15) is 19.5 Å². The van der Waals surface area contributed by atoms with Crippen molar-refractivity contribution in [3.8, 4) is 0 Å². The molecule has 97 heavy (non-hydrogen) atoms. The molecule has 0 aliphatic carbocycles. The Labute approximate surface area is 597 Å². The normalized spacial score (nSPS) is 13.5. The van der Waals surface area contributed by atoms with Gasteiger partial charge in [-0.1, -0.05) is 345 Å². The van der Waals surface area contributed by atoms with Gasteiger partial charge in [0.25, 0.3) is 0 Å². The Kier molecular flexibility index (Phi) is 72.6. The van der Waals surface area contributed by atoms with Crippen LogP contribution in [0.25, 0.3) is 0 Å². The number of unbranched alkanes of at least 4 members (excludes halogenated alkanes) is 31. The lowest BCUT2D eigenvalue weighted by Gasteiger charge is -2.26. The molecule has 0 heterocycles. The summed E-state index contributed by atoms with van der Waals surface area (Å²) in [6.07, 6.45) is 111. The van der Waals surface area contributed by atoms with E-state index in [-0.39, 0.29) is 38.6 Å². The molecular formula is C88H147NO8. The fourth-order valence-corrected chi connectivity index (χ4v) is 10.8. The predicted octanol–water partition coefficient (Wildman–Crippen LogP) is 24.3. The standard InChI is InChI=1S/C88H147NO8/c1-6-8-10-12-14-16-18-20-22-24-26-28-30-32-34-36-38-40-42-43-45-46-48-50-52-54-56-58-60-62-64-66-68-70-72-74-76-78-85(90)95-82-84(83-96-88(87(92)93)94-81-80-89(3,4)5)97-86(91)79-77-75-73-71-69-67-65-63-61-59-57-55-53-51-49-47-44-41-39-37-35-33-31-29-27-25-23-21-19-17-15-13-11-9-7-2/h8-11,14-17,20-23,26-29,32-35,38-41,47,49,84,88H,6-7,12-13,18-19,24-25,30-31,36-37,42-46,48,50-83H2,1-5H3/b10-8-,11-9-,16-14-,17-15-,22-20-,23-21-,28-26-,29-27-,34-32-,35-33-,40-38-,41-39-,49-47-. The summed E-state index contributed by atoms with van der Waals surface area (Å²) in [6.45, 7) is 4.54. The average molecular weight is 1350 g/mol. The Bertz CT molecular complexity index is 2160. The van der Waals surface area contributed by atoms with Gasteiger partial charge in [-0.3, -0.25) is 9.59 Å². The molecule has 0 aromatic carbocycles. The third-order valence-electron chi connectivity index (χ3n) is 16.8. The summed E-state index contributed by atoms with van der Waals surface area (Å²) in [5, 5.41) is 11.9. The number of hydrogen-bond donors (Lipinski definition) is 0. The van der Waals surface area contributed by atoms with Crippen molar-refractivity contribution in [2.24, 2.45) is 0 Å². The van der Waals surface area contributed by atoms with Crippen molar-refractivity contribution in [2.45, 2.75) is 334 Å². The van der Waals surface area contributed by atoms with Gasteiger partial charge in [0.15, 0.2) is 12.4 Å². The summed E-state index contributed by atoms with van der Waals surface area (Å²) in [5.74, 6) is -2.28. The Morgan fingerprint density at radius 1 is 0.309 bits per heavy atom. The van der Waals surface area contributed by atoms with E-state index in [1.807, 2.05) is 21.1 Å². The van der Waals surface area contributed by atoms with Crippen LogP contribution >= 0.6 is 0 Å². The van der Waals surface area contributed by atoms with Crippen LogP contribution in [0.2, 0.25) is 0 Å². The molecule has 552 valence electrons. The Hall–Kier alpha value is -5.09. The van der Waals surface area contributed by atoms with E-state index >= 15 is 0 Å². The lowest BCUT2D eigenvalue weighted by molar-refractivity contribution is -0.870. The smallest absolute Gasteiger partial charge is 0.306 e. The molecule has 0 N–H and O–H groups in total. The fourth-order valence-electron chi connectivity index (χ4n) is 10.8. The van der Waals surface area contributed by atoms with Gasteiger partial charge >= 0.3 is 11.9 Å². The monoisotopic (exact) mass is 1350 g/mol. The number of aliphatic carboxylic acids is 1. The minimum absolute atomic E-state index is 0.143.